The van der Waals surface area contributed by atoms with Crippen molar-refractivity contribution >= 4 is 11.8 Å². The van der Waals surface area contributed by atoms with Gasteiger partial charge in [0.05, 0.1) is 11.4 Å². The number of nitrogens with zero attached hydrogens (tertiary/aromatic N) is 3. The third-order valence-corrected chi connectivity index (χ3v) is 4.97. The highest BCUT2D eigenvalue weighted by molar-refractivity contribution is 7.98. The monoisotopic (exact) mass is 359 g/mol. The van der Waals surface area contributed by atoms with Crippen LogP contribution in [0.4, 0.5) is 4.39 Å². The number of aromatic nitrogens is 3. The predicted molar refractivity (Wildman–Crippen MR) is 98.0 cm³/mol. The minimum Gasteiger partial charge on any atom is -0.444 e. The zero-order valence-electron chi connectivity index (χ0n) is 14.9. The molecule has 0 bridgehead atoms. The average Bonchev–Trinajstić information content (AvgIpc) is 3.14. The van der Waals surface area contributed by atoms with Gasteiger partial charge in [-0.2, -0.15) is 0 Å². The molecule has 0 saturated heterocycles. The third-order valence-electron chi connectivity index (χ3n) is 3.96. The highest BCUT2D eigenvalue weighted by atomic mass is 32.2. The summed E-state index contributed by atoms with van der Waals surface area (Å²) in [5.41, 5.74) is 3.89. The first kappa shape index (κ1) is 17.7. The predicted octanol–water partition coefficient (Wildman–Crippen LogP) is 5.24. The summed E-state index contributed by atoms with van der Waals surface area (Å²) in [6.45, 7) is 9.51. The second-order valence-corrected chi connectivity index (χ2v) is 7.45. The molecule has 6 heteroatoms. The van der Waals surface area contributed by atoms with E-state index in [2.05, 4.69) is 35.3 Å². The van der Waals surface area contributed by atoms with Crippen molar-refractivity contribution in [3.8, 4) is 11.5 Å². The van der Waals surface area contributed by atoms with Crippen molar-refractivity contribution < 1.29 is 8.81 Å². The van der Waals surface area contributed by atoms with Crippen molar-refractivity contribution in [2.24, 2.45) is 5.92 Å². The maximum Gasteiger partial charge on any atom is 0.226 e. The number of rotatable bonds is 6. The standard InChI is InChI=1S/C19H22FN3OS/c1-12(2)9-23-14(4)13(3)21-19(23)25-11-17-10-24-18(22-17)15-5-7-16(20)8-6-15/h5-8,10,12H,9,11H2,1-4H3. The van der Waals surface area contributed by atoms with E-state index in [-0.39, 0.29) is 5.82 Å². The summed E-state index contributed by atoms with van der Waals surface area (Å²) >= 11 is 1.66. The highest BCUT2D eigenvalue weighted by Gasteiger charge is 2.14. The van der Waals surface area contributed by atoms with Gasteiger partial charge >= 0.3 is 0 Å². The van der Waals surface area contributed by atoms with Crippen molar-refractivity contribution in [1.29, 1.82) is 0 Å². The molecule has 0 unspecified atom stereocenters. The Morgan fingerprint density at radius 1 is 1.16 bits per heavy atom. The fourth-order valence-electron chi connectivity index (χ4n) is 2.55. The smallest absolute Gasteiger partial charge is 0.226 e. The lowest BCUT2D eigenvalue weighted by Crippen LogP contribution is -2.07. The molecule has 0 amide bonds. The summed E-state index contributed by atoms with van der Waals surface area (Å²) in [5, 5.41) is 1.01. The van der Waals surface area contributed by atoms with Gasteiger partial charge in [-0.1, -0.05) is 25.6 Å². The van der Waals surface area contributed by atoms with Gasteiger partial charge in [-0.25, -0.2) is 14.4 Å². The number of halogens is 1. The third kappa shape index (κ3) is 4.12. The maximum absolute atomic E-state index is 13.0. The number of thioether (sulfide) groups is 1. The zero-order valence-corrected chi connectivity index (χ0v) is 15.7. The SMILES string of the molecule is Cc1nc(SCc2coc(-c3ccc(F)cc3)n2)n(CC(C)C)c1C. The Kier molecular flexibility index (Phi) is 5.27. The first-order valence-electron chi connectivity index (χ1n) is 8.31. The van der Waals surface area contributed by atoms with Crippen LogP contribution in [-0.4, -0.2) is 14.5 Å². The largest absolute Gasteiger partial charge is 0.444 e. The molecule has 0 radical (unpaired) electrons. The summed E-state index contributed by atoms with van der Waals surface area (Å²) < 4.78 is 20.8. The van der Waals surface area contributed by atoms with Crippen molar-refractivity contribution in [3.05, 3.63) is 53.4 Å². The van der Waals surface area contributed by atoms with Gasteiger partial charge in [-0.3, -0.25) is 0 Å². The molecule has 0 aliphatic rings. The minimum absolute atomic E-state index is 0.270. The van der Waals surface area contributed by atoms with Gasteiger partial charge < -0.3 is 8.98 Å². The molecule has 25 heavy (non-hydrogen) atoms. The number of hydrogen-bond acceptors (Lipinski definition) is 4. The van der Waals surface area contributed by atoms with Crippen LogP contribution in [0.3, 0.4) is 0 Å². The summed E-state index contributed by atoms with van der Waals surface area (Å²) in [5.74, 6) is 1.48. The van der Waals surface area contributed by atoms with Gasteiger partial charge in [-0.05, 0) is 44.0 Å². The average molecular weight is 359 g/mol. The Morgan fingerprint density at radius 2 is 1.88 bits per heavy atom. The quantitative estimate of drug-likeness (QED) is 0.564. The minimum atomic E-state index is -0.270. The van der Waals surface area contributed by atoms with Gasteiger partial charge in [0, 0.05) is 23.6 Å². The lowest BCUT2D eigenvalue weighted by molar-refractivity contribution is 0.486. The zero-order chi connectivity index (χ0) is 18.0. The molecule has 0 spiro atoms. The summed E-state index contributed by atoms with van der Waals surface area (Å²) in [7, 11) is 0. The fraction of sp³-hybridized carbons (Fsp3) is 0.368. The van der Waals surface area contributed by atoms with Crippen molar-refractivity contribution in [3.63, 3.8) is 0 Å². The van der Waals surface area contributed by atoms with Crippen LogP contribution in [0, 0.1) is 25.6 Å². The van der Waals surface area contributed by atoms with Gasteiger partial charge in [0.2, 0.25) is 5.89 Å². The summed E-state index contributed by atoms with van der Waals surface area (Å²) in [4.78, 5) is 9.18. The number of oxazole rings is 1. The van der Waals surface area contributed by atoms with Gasteiger partial charge in [0.25, 0.3) is 0 Å². The molecule has 0 saturated carbocycles. The first-order chi connectivity index (χ1) is 11.9. The Hall–Kier alpha value is -2.08. The van der Waals surface area contributed by atoms with E-state index in [9.17, 15) is 4.39 Å². The molecular weight excluding hydrogens is 337 g/mol. The van der Waals surface area contributed by atoms with Crippen LogP contribution in [0.5, 0.6) is 0 Å². The van der Waals surface area contributed by atoms with Gasteiger partial charge in [0.15, 0.2) is 5.16 Å². The Bertz CT molecular complexity index is 852. The van der Waals surface area contributed by atoms with Crippen LogP contribution in [0.1, 0.15) is 30.9 Å². The van der Waals surface area contributed by atoms with E-state index in [1.165, 1.54) is 17.8 Å². The van der Waals surface area contributed by atoms with Gasteiger partial charge in [-0.15, -0.1) is 0 Å². The molecule has 0 fully saturated rings. The molecule has 3 aromatic rings. The van der Waals surface area contributed by atoms with Crippen molar-refractivity contribution in [1.82, 2.24) is 14.5 Å². The first-order valence-corrected chi connectivity index (χ1v) is 9.29. The molecule has 0 atom stereocenters. The Morgan fingerprint density at radius 3 is 2.56 bits per heavy atom. The number of hydrogen-bond donors (Lipinski definition) is 0. The lowest BCUT2D eigenvalue weighted by atomic mass is 10.2. The topological polar surface area (TPSA) is 43.9 Å². The van der Waals surface area contributed by atoms with E-state index in [1.54, 1.807) is 30.2 Å². The molecular formula is C19H22FN3OS. The molecule has 132 valence electrons. The Balaban J connectivity index is 1.72. The normalized spacial score (nSPS) is 11.4. The van der Waals surface area contributed by atoms with E-state index in [4.69, 9.17) is 4.42 Å². The van der Waals surface area contributed by atoms with Crippen molar-refractivity contribution in [2.75, 3.05) is 0 Å². The van der Waals surface area contributed by atoms with E-state index in [0.717, 1.165) is 28.7 Å². The van der Waals surface area contributed by atoms with Gasteiger partial charge in [0.1, 0.15) is 12.1 Å². The Labute approximate surface area is 151 Å². The number of imidazole rings is 1. The van der Waals surface area contributed by atoms with Crippen LogP contribution >= 0.6 is 11.8 Å². The van der Waals surface area contributed by atoms with E-state index in [1.807, 2.05) is 6.92 Å². The molecule has 0 N–H and O–H groups in total. The van der Waals surface area contributed by atoms with Crippen LogP contribution in [0.15, 0.2) is 40.1 Å². The maximum atomic E-state index is 13.0. The number of benzene rings is 1. The van der Waals surface area contributed by atoms with E-state index >= 15 is 0 Å². The van der Waals surface area contributed by atoms with Crippen LogP contribution in [-0.2, 0) is 12.3 Å². The molecule has 0 aliphatic carbocycles. The summed E-state index contributed by atoms with van der Waals surface area (Å²) in [6, 6.07) is 6.14. The second-order valence-electron chi connectivity index (χ2n) is 6.51. The number of aryl methyl sites for hydroxylation is 1. The molecule has 0 aliphatic heterocycles. The molecule has 1 aromatic carbocycles. The molecule has 4 nitrogen and oxygen atoms in total. The molecule has 2 heterocycles. The van der Waals surface area contributed by atoms with Crippen LogP contribution < -0.4 is 0 Å². The second kappa shape index (κ2) is 7.44. The lowest BCUT2D eigenvalue weighted by Gasteiger charge is -2.11. The van der Waals surface area contributed by atoms with E-state index < -0.39 is 0 Å². The van der Waals surface area contributed by atoms with Crippen LogP contribution in [0.25, 0.3) is 11.5 Å². The van der Waals surface area contributed by atoms with Crippen LogP contribution in [0.2, 0.25) is 0 Å². The molecule has 3 rings (SSSR count). The highest BCUT2D eigenvalue weighted by Crippen LogP contribution is 2.27. The van der Waals surface area contributed by atoms with E-state index in [0.29, 0.717) is 17.6 Å². The molecule has 2 aromatic heterocycles. The fourth-order valence-corrected chi connectivity index (χ4v) is 3.53. The van der Waals surface area contributed by atoms with Crippen molar-refractivity contribution in [2.45, 2.75) is 45.1 Å². The summed E-state index contributed by atoms with van der Waals surface area (Å²) in [6.07, 6.45) is 1.65.